The van der Waals surface area contributed by atoms with Crippen molar-refractivity contribution in [3.05, 3.63) is 65.1 Å². The van der Waals surface area contributed by atoms with Crippen LogP contribution in [0.5, 0.6) is 0 Å². The third kappa shape index (κ3) is 4.25. The van der Waals surface area contributed by atoms with Crippen LogP contribution < -0.4 is 5.32 Å². The Hall–Kier alpha value is -2.52. The Labute approximate surface area is 161 Å². The first-order valence-electron chi connectivity index (χ1n) is 7.52. The fourth-order valence-corrected chi connectivity index (χ4v) is 2.83. The van der Waals surface area contributed by atoms with Crippen molar-refractivity contribution in [3.63, 3.8) is 0 Å². The van der Waals surface area contributed by atoms with Crippen molar-refractivity contribution >= 4 is 35.0 Å². The molecule has 140 valence electrons. The molecule has 0 aliphatic rings. The molecule has 0 fully saturated rings. The highest BCUT2D eigenvalue weighted by atomic mass is 35.5. The van der Waals surface area contributed by atoms with Crippen LogP contribution in [0.4, 0.5) is 18.9 Å². The van der Waals surface area contributed by atoms with Crippen molar-refractivity contribution < 1.29 is 18.0 Å². The van der Waals surface area contributed by atoms with Crippen molar-refractivity contribution in [1.29, 1.82) is 0 Å². The van der Waals surface area contributed by atoms with E-state index >= 15 is 0 Å². The predicted octanol–water partition coefficient (Wildman–Crippen LogP) is 4.91. The molecule has 3 aromatic rings. The van der Waals surface area contributed by atoms with Crippen molar-refractivity contribution in [2.45, 2.75) is 11.2 Å². The van der Waals surface area contributed by atoms with E-state index in [4.69, 9.17) is 11.6 Å². The average Bonchev–Trinajstić information content (AvgIpc) is 3.09. The SMILES string of the molecule is CSc1ccc(NC(=O)c2cnn(-c3ccc(Cl)cc3)c2C(F)(F)F)cn1. The number of aromatic nitrogens is 3. The van der Waals surface area contributed by atoms with Crippen LogP contribution in [-0.2, 0) is 6.18 Å². The minimum atomic E-state index is -4.79. The van der Waals surface area contributed by atoms with Crippen molar-refractivity contribution in [2.75, 3.05) is 11.6 Å². The van der Waals surface area contributed by atoms with E-state index in [0.29, 0.717) is 9.70 Å². The van der Waals surface area contributed by atoms with Crippen LogP contribution in [0.15, 0.2) is 53.8 Å². The number of carbonyl (C=O) groups is 1. The third-order valence-corrected chi connectivity index (χ3v) is 4.47. The zero-order chi connectivity index (χ0) is 19.6. The summed E-state index contributed by atoms with van der Waals surface area (Å²) in [5.41, 5.74) is -1.34. The second-order valence-corrected chi connectivity index (χ2v) is 6.60. The van der Waals surface area contributed by atoms with E-state index in [1.165, 1.54) is 42.2 Å². The number of amides is 1. The molecule has 5 nitrogen and oxygen atoms in total. The standard InChI is InChI=1S/C17H12ClF3N4OS/c1-27-14-7-4-11(8-22-14)24-16(26)13-9-23-25(15(13)17(19,20)21)12-5-2-10(18)3-6-12/h2-9H,1H3,(H,24,26). The van der Waals surface area contributed by atoms with Gasteiger partial charge < -0.3 is 5.32 Å². The van der Waals surface area contributed by atoms with Gasteiger partial charge in [0.1, 0.15) is 0 Å². The molecule has 0 aliphatic carbocycles. The molecular weight excluding hydrogens is 401 g/mol. The minimum absolute atomic E-state index is 0.136. The van der Waals surface area contributed by atoms with Crippen LogP contribution in [0.1, 0.15) is 16.1 Å². The molecule has 1 amide bonds. The molecule has 0 saturated carbocycles. The molecule has 2 aromatic heterocycles. The molecular formula is C17H12ClF3N4OS. The summed E-state index contributed by atoms with van der Waals surface area (Å²) in [7, 11) is 0. The molecule has 1 aromatic carbocycles. The van der Waals surface area contributed by atoms with Gasteiger partial charge in [-0.3, -0.25) is 4.79 Å². The summed E-state index contributed by atoms with van der Waals surface area (Å²) in [5.74, 6) is -0.929. The average molecular weight is 413 g/mol. The summed E-state index contributed by atoms with van der Waals surface area (Å²) in [6.07, 6.45) is -0.692. The Morgan fingerprint density at radius 1 is 1.15 bits per heavy atom. The van der Waals surface area contributed by atoms with Crippen LogP contribution in [0.2, 0.25) is 5.02 Å². The monoisotopic (exact) mass is 412 g/mol. The molecule has 0 aliphatic heterocycles. The largest absolute Gasteiger partial charge is 0.434 e. The van der Waals surface area contributed by atoms with Crippen molar-refractivity contribution in [2.24, 2.45) is 0 Å². The smallest absolute Gasteiger partial charge is 0.320 e. The summed E-state index contributed by atoms with van der Waals surface area (Å²) in [6.45, 7) is 0. The van der Waals surface area contributed by atoms with Crippen LogP contribution in [0.3, 0.4) is 0 Å². The zero-order valence-corrected chi connectivity index (χ0v) is 15.4. The van der Waals surface area contributed by atoms with E-state index in [1.807, 2.05) is 6.26 Å². The summed E-state index contributed by atoms with van der Waals surface area (Å²) in [5, 5.41) is 7.25. The van der Waals surface area contributed by atoms with Gasteiger partial charge in [-0.25, -0.2) is 9.67 Å². The summed E-state index contributed by atoms with van der Waals surface area (Å²) in [6, 6.07) is 8.87. The molecule has 0 saturated heterocycles. The van der Waals surface area contributed by atoms with Gasteiger partial charge >= 0.3 is 6.18 Å². The third-order valence-electron chi connectivity index (χ3n) is 3.56. The van der Waals surface area contributed by atoms with Gasteiger partial charge in [-0.05, 0) is 42.7 Å². The van der Waals surface area contributed by atoms with Crippen LogP contribution in [-0.4, -0.2) is 26.9 Å². The number of hydrogen-bond acceptors (Lipinski definition) is 4. The molecule has 0 bridgehead atoms. The number of hydrogen-bond donors (Lipinski definition) is 1. The van der Waals surface area contributed by atoms with Gasteiger partial charge in [0.25, 0.3) is 5.91 Å². The van der Waals surface area contributed by atoms with Crippen molar-refractivity contribution in [1.82, 2.24) is 14.8 Å². The lowest BCUT2D eigenvalue weighted by molar-refractivity contribution is -0.143. The van der Waals surface area contributed by atoms with Gasteiger partial charge in [0.05, 0.1) is 34.4 Å². The Bertz CT molecular complexity index is 956. The number of alkyl halides is 3. The highest BCUT2D eigenvalue weighted by molar-refractivity contribution is 7.98. The van der Waals surface area contributed by atoms with E-state index in [9.17, 15) is 18.0 Å². The molecule has 10 heteroatoms. The summed E-state index contributed by atoms with van der Waals surface area (Å²) >= 11 is 7.18. The number of anilines is 1. The van der Waals surface area contributed by atoms with E-state index in [1.54, 1.807) is 12.1 Å². The highest BCUT2D eigenvalue weighted by Gasteiger charge is 2.40. The maximum Gasteiger partial charge on any atom is 0.434 e. The van der Waals surface area contributed by atoms with Gasteiger partial charge in [0.15, 0.2) is 5.69 Å². The predicted molar refractivity (Wildman–Crippen MR) is 97.5 cm³/mol. The lowest BCUT2D eigenvalue weighted by Crippen LogP contribution is -2.20. The first kappa shape index (κ1) is 19.2. The molecule has 2 heterocycles. The zero-order valence-electron chi connectivity index (χ0n) is 13.8. The van der Waals surface area contributed by atoms with Gasteiger partial charge in [-0.15, -0.1) is 11.8 Å². The van der Waals surface area contributed by atoms with E-state index in [-0.39, 0.29) is 11.4 Å². The topological polar surface area (TPSA) is 59.8 Å². The molecule has 0 spiro atoms. The molecule has 0 unspecified atom stereocenters. The maximum absolute atomic E-state index is 13.6. The second kappa shape index (κ2) is 7.61. The fourth-order valence-electron chi connectivity index (χ4n) is 2.34. The van der Waals surface area contributed by atoms with Crippen LogP contribution >= 0.6 is 23.4 Å². The number of rotatable bonds is 4. The first-order valence-corrected chi connectivity index (χ1v) is 9.12. The molecule has 0 radical (unpaired) electrons. The molecule has 1 N–H and O–H groups in total. The summed E-state index contributed by atoms with van der Waals surface area (Å²) < 4.78 is 41.5. The number of thioether (sulfide) groups is 1. The number of benzene rings is 1. The molecule has 0 atom stereocenters. The Balaban J connectivity index is 1.97. The van der Waals surface area contributed by atoms with Crippen molar-refractivity contribution in [3.8, 4) is 5.69 Å². The maximum atomic E-state index is 13.6. The van der Waals surface area contributed by atoms with E-state index in [2.05, 4.69) is 15.4 Å². The Morgan fingerprint density at radius 3 is 2.41 bits per heavy atom. The highest BCUT2D eigenvalue weighted by Crippen LogP contribution is 2.34. The van der Waals surface area contributed by atoms with E-state index in [0.717, 1.165) is 11.2 Å². The second-order valence-electron chi connectivity index (χ2n) is 5.34. The van der Waals surface area contributed by atoms with E-state index < -0.39 is 23.3 Å². The number of halogens is 4. The normalized spacial score (nSPS) is 11.4. The lowest BCUT2D eigenvalue weighted by Gasteiger charge is -2.13. The van der Waals surface area contributed by atoms with Gasteiger partial charge in [-0.2, -0.15) is 18.3 Å². The van der Waals surface area contributed by atoms with Crippen LogP contribution in [0.25, 0.3) is 5.69 Å². The molecule has 3 rings (SSSR count). The number of carbonyl (C=O) groups excluding carboxylic acids is 1. The Kier molecular flexibility index (Phi) is 5.43. The fraction of sp³-hybridized carbons (Fsp3) is 0.118. The number of pyridine rings is 1. The van der Waals surface area contributed by atoms with Crippen LogP contribution in [0, 0.1) is 0 Å². The first-order chi connectivity index (χ1) is 12.8. The quantitative estimate of drug-likeness (QED) is 0.618. The minimum Gasteiger partial charge on any atom is -0.320 e. The van der Waals surface area contributed by atoms with Gasteiger partial charge in [-0.1, -0.05) is 11.6 Å². The molecule has 27 heavy (non-hydrogen) atoms. The summed E-state index contributed by atoms with van der Waals surface area (Å²) in [4.78, 5) is 16.5. The van der Waals surface area contributed by atoms with Gasteiger partial charge in [0.2, 0.25) is 0 Å². The number of nitrogens with one attached hydrogen (secondary N) is 1. The number of nitrogens with zero attached hydrogens (tertiary/aromatic N) is 3. The lowest BCUT2D eigenvalue weighted by atomic mass is 10.2. The van der Waals surface area contributed by atoms with Gasteiger partial charge in [0, 0.05) is 5.02 Å². The Morgan fingerprint density at radius 2 is 1.85 bits per heavy atom.